The number of nitrogens with zero attached hydrogens (tertiary/aromatic N) is 1. The first-order valence-electron chi connectivity index (χ1n) is 6.34. The lowest BCUT2D eigenvalue weighted by atomic mass is 10.0. The fourth-order valence-corrected chi connectivity index (χ4v) is 1.72. The molecule has 1 rings (SSSR count). The van der Waals surface area contributed by atoms with E-state index in [0.29, 0.717) is 0 Å². The van der Waals surface area contributed by atoms with Crippen LogP contribution in [-0.2, 0) is 4.79 Å². The standard InChI is InChI=1S/C13H17N3O5/c1-8(2)6-11(12(17)18)15-13(19)14-9-4-3-5-10(7-9)16(20)21/h3-5,7-8,11H,6H2,1-2H3,(H,17,18)(H2,14,15,19)/t11-/m1/s1. The molecule has 0 fully saturated rings. The van der Waals surface area contributed by atoms with Crippen molar-refractivity contribution in [3.63, 3.8) is 0 Å². The van der Waals surface area contributed by atoms with Crippen LogP contribution in [0.4, 0.5) is 16.2 Å². The van der Waals surface area contributed by atoms with Gasteiger partial charge < -0.3 is 15.7 Å². The van der Waals surface area contributed by atoms with Crippen molar-refractivity contribution in [3.05, 3.63) is 34.4 Å². The summed E-state index contributed by atoms with van der Waals surface area (Å²) < 4.78 is 0. The zero-order valence-corrected chi connectivity index (χ0v) is 11.7. The van der Waals surface area contributed by atoms with E-state index in [1.165, 1.54) is 24.3 Å². The summed E-state index contributed by atoms with van der Waals surface area (Å²) in [5.74, 6) is -1.03. The number of carbonyl (C=O) groups is 2. The van der Waals surface area contributed by atoms with E-state index in [9.17, 15) is 19.7 Å². The molecular weight excluding hydrogens is 278 g/mol. The molecule has 0 unspecified atom stereocenters. The van der Waals surface area contributed by atoms with Crippen molar-refractivity contribution in [3.8, 4) is 0 Å². The first-order chi connectivity index (χ1) is 9.79. The second kappa shape index (κ2) is 7.22. The van der Waals surface area contributed by atoms with Crippen LogP contribution in [0.15, 0.2) is 24.3 Å². The lowest BCUT2D eigenvalue weighted by Crippen LogP contribution is -2.43. The number of nitro benzene ring substituents is 1. The summed E-state index contributed by atoms with van der Waals surface area (Å²) in [6, 6.07) is 3.66. The van der Waals surface area contributed by atoms with Crippen LogP contribution in [-0.4, -0.2) is 28.1 Å². The molecule has 0 aromatic heterocycles. The van der Waals surface area contributed by atoms with Gasteiger partial charge in [-0.05, 0) is 18.4 Å². The molecule has 0 saturated carbocycles. The Kier molecular flexibility index (Phi) is 5.65. The molecule has 0 spiro atoms. The van der Waals surface area contributed by atoms with Crippen molar-refractivity contribution in [2.45, 2.75) is 26.3 Å². The normalized spacial score (nSPS) is 11.8. The summed E-state index contributed by atoms with van der Waals surface area (Å²) in [4.78, 5) is 32.8. The number of aliphatic carboxylic acids is 1. The maximum absolute atomic E-state index is 11.7. The van der Waals surface area contributed by atoms with Gasteiger partial charge in [-0.1, -0.05) is 19.9 Å². The monoisotopic (exact) mass is 295 g/mol. The predicted molar refractivity (Wildman–Crippen MR) is 76.1 cm³/mol. The number of hydrogen-bond donors (Lipinski definition) is 3. The van der Waals surface area contributed by atoms with E-state index in [0.717, 1.165) is 0 Å². The zero-order valence-electron chi connectivity index (χ0n) is 11.7. The second-order valence-electron chi connectivity index (χ2n) is 4.93. The largest absolute Gasteiger partial charge is 0.480 e. The van der Waals surface area contributed by atoms with Gasteiger partial charge in [0.25, 0.3) is 5.69 Å². The van der Waals surface area contributed by atoms with E-state index >= 15 is 0 Å². The minimum atomic E-state index is -1.13. The maximum Gasteiger partial charge on any atom is 0.326 e. The van der Waals surface area contributed by atoms with Crippen LogP contribution in [0, 0.1) is 16.0 Å². The highest BCUT2D eigenvalue weighted by molar-refractivity contribution is 5.92. The maximum atomic E-state index is 11.7. The molecule has 0 heterocycles. The number of benzene rings is 1. The third-order valence-corrected chi connectivity index (χ3v) is 2.63. The molecule has 21 heavy (non-hydrogen) atoms. The number of rotatable bonds is 6. The van der Waals surface area contributed by atoms with Crippen LogP contribution < -0.4 is 10.6 Å². The number of amides is 2. The summed E-state index contributed by atoms with van der Waals surface area (Å²) >= 11 is 0. The smallest absolute Gasteiger partial charge is 0.326 e. The molecule has 1 aromatic carbocycles. The zero-order chi connectivity index (χ0) is 16.0. The third kappa shape index (κ3) is 5.47. The molecule has 1 atom stereocenters. The number of carboxylic acids is 1. The summed E-state index contributed by atoms with van der Waals surface area (Å²) in [5.41, 5.74) is 0.0557. The fraction of sp³-hybridized carbons (Fsp3) is 0.385. The molecule has 0 aliphatic rings. The van der Waals surface area contributed by atoms with Crippen molar-refractivity contribution in [2.24, 2.45) is 5.92 Å². The van der Waals surface area contributed by atoms with Crippen molar-refractivity contribution >= 4 is 23.4 Å². The second-order valence-corrected chi connectivity index (χ2v) is 4.93. The Labute approximate surface area is 121 Å². The number of carboxylic acid groups (broad SMARTS) is 1. The van der Waals surface area contributed by atoms with Gasteiger partial charge in [-0.25, -0.2) is 9.59 Å². The number of anilines is 1. The molecule has 0 radical (unpaired) electrons. The lowest BCUT2D eigenvalue weighted by Gasteiger charge is -2.16. The molecule has 0 aliphatic carbocycles. The molecule has 8 nitrogen and oxygen atoms in total. The first-order valence-corrected chi connectivity index (χ1v) is 6.34. The summed E-state index contributed by atoms with van der Waals surface area (Å²) in [6.45, 7) is 3.69. The van der Waals surface area contributed by atoms with Crippen molar-refractivity contribution in [1.29, 1.82) is 0 Å². The van der Waals surface area contributed by atoms with Crippen LogP contribution in [0.1, 0.15) is 20.3 Å². The van der Waals surface area contributed by atoms with Crippen LogP contribution in [0.2, 0.25) is 0 Å². The minimum absolute atomic E-state index is 0.101. The molecule has 114 valence electrons. The minimum Gasteiger partial charge on any atom is -0.480 e. The van der Waals surface area contributed by atoms with Crippen molar-refractivity contribution in [1.82, 2.24) is 5.32 Å². The van der Waals surface area contributed by atoms with Gasteiger partial charge in [-0.15, -0.1) is 0 Å². The Morgan fingerprint density at radius 3 is 2.57 bits per heavy atom. The molecule has 8 heteroatoms. The van der Waals surface area contributed by atoms with E-state index in [1.54, 1.807) is 0 Å². The van der Waals surface area contributed by atoms with E-state index in [-0.39, 0.29) is 23.7 Å². The molecule has 0 saturated heterocycles. The van der Waals surface area contributed by atoms with E-state index in [2.05, 4.69) is 10.6 Å². The van der Waals surface area contributed by atoms with Crippen LogP contribution in [0.3, 0.4) is 0 Å². The number of non-ortho nitro benzene ring substituents is 1. The van der Waals surface area contributed by atoms with Gasteiger partial charge in [0.15, 0.2) is 0 Å². The van der Waals surface area contributed by atoms with Gasteiger partial charge in [0.1, 0.15) is 6.04 Å². The van der Waals surface area contributed by atoms with Gasteiger partial charge in [-0.3, -0.25) is 10.1 Å². The highest BCUT2D eigenvalue weighted by atomic mass is 16.6. The number of nitrogens with one attached hydrogen (secondary N) is 2. The van der Waals surface area contributed by atoms with E-state index < -0.39 is 23.0 Å². The molecule has 0 bridgehead atoms. The predicted octanol–water partition coefficient (Wildman–Crippen LogP) is 2.22. The van der Waals surface area contributed by atoms with Crippen LogP contribution >= 0.6 is 0 Å². The Balaban J connectivity index is 2.70. The number of hydrogen-bond acceptors (Lipinski definition) is 4. The van der Waals surface area contributed by atoms with Gasteiger partial charge in [0, 0.05) is 17.8 Å². The quantitative estimate of drug-likeness (QED) is 0.548. The summed E-state index contributed by atoms with van der Waals surface area (Å²) in [5, 5.41) is 24.4. The number of urea groups is 1. The molecule has 1 aromatic rings. The highest BCUT2D eigenvalue weighted by Gasteiger charge is 2.21. The molecule has 0 aliphatic heterocycles. The molecular formula is C13H17N3O5. The lowest BCUT2D eigenvalue weighted by molar-refractivity contribution is -0.384. The van der Waals surface area contributed by atoms with Crippen LogP contribution in [0.5, 0.6) is 0 Å². The fourth-order valence-electron chi connectivity index (χ4n) is 1.72. The highest BCUT2D eigenvalue weighted by Crippen LogP contribution is 2.17. The first kappa shape index (κ1) is 16.4. The van der Waals surface area contributed by atoms with Gasteiger partial charge in [0.05, 0.1) is 4.92 Å². The van der Waals surface area contributed by atoms with Gasteiger partial charge >= 0.3 is 12.0 Å². The third-order valence-electron chi connectivity index (χ3n) is 2.63. The Morgan fingerprint density at radius 2 is 2.05 bits per heavy atom. The Bertz CT molecular complexity index is 544. The van der Waals surface area contributed by atoms with Crippen molar-refractivity contribution in [2.75, 3.05) is 5.32 Å². The topological polar surface area (TPSA) is 122 Å². The molecule has 2 amide bonds. The number of nitro groups is 1. The van der Waals surface area contributed by atoms with Crippen LogP contribution in [0.25, 0.3) is 0 Å². The van der Waals surface area contributed by atoms with Crippen molar-refractivity contribution < 1.29 is 19.6 Å². The Hall–Kier alpha value is -2.64. The SMILES string of the molecule is CC(C)C[C@@H](NC(=O)Nc1cccc([N+](=O)[O-])c1)C(=O)O. The molecule has 3 N–H and O–H groups in total. The summed E-state index contributed by atoms with van der Waals surface area (Å²) in [7, 11) is 0. The average Bonchev–Trinajstić information content (AvgIpc) is 2.37. The van der Waals surface area contributed by atoms with E-state index in [4.69, 9.17) is 5.11 Å². The van der Waals surface area contributed by atoms with E-state index in [1.807, 2.05) is 13.8 Å². The van der Waals surface area contributed by atoms with Gasteiger partial charge in [-0.2, -0.15) is 0 Å². The number of carbonyl (C=O) groups excluding carboxylic acids is 1. The average molecular weight is 295 g/mol. The summed E-state index contributed by atoms with van der Waals surface area (Å²) in [6.07, 6.45) is 0.289. The Morgan fingerprint density at radius 1 is 1.38 bits per heavy atom. The van der Waals surface area contributed by atoms with Gasteiger partial charge in [0.2, 0.25) is 0 Å².